The first-order valence-corrected chi connectivity index (χ1v) is 7.09. The fourth-order valence-corrected chi connectivity index (χ4v) is 2.52. The zero-order valence-corrected chi connectivity index (χ0v) is 12.0. The van der Waals surface area contributed by atoms with Crippen LogP contribution in [0.1, 0.15) is 30.1 Å². The predicted molar refractivity (Wildman–Crippen MR) is 81.9 cm³/mol. The van der Waals surface area contributed by atoms with Crippen molar-refractivity contribution >= 4 is 28.2 Å². The second-order valence-corrected chi connectivity index (χ2v) is 5.43. The van der Waals surface area contributed by atoms with E-state index in [0.29, 0.717) is 12.1 Å². The van der Waals surface area contributed by atoms with Crippen molar-refractivity contribution in [2.75, 3.05) is 11.1 Å². The van der Waals surface area contributed by atoms with Crippen molar-refractivity contribution < 1.29 is 14.3 Å². The number of benzene rings is 1. The zero-order chi connectivity index (χ0) is 16.0. The number of pyridine rings is 1. The van der Waals surface area contributed by atoms with Gasteiger partial charge in [0, 0.05) is 18.8 Å². The van der Waals surface area contributed by atoms with Crippen LogP contribution >= 0.6 is 0 Å². The van der Waals surface area contributed by atoms with Crippen molar-refractivity contribution in [2.24, 2.45) is 0 Å². The molecule has 1 aromatic heterocycles. The van der Waals surface area contributed by atoms with Gasteiger partial charge in [-0.25, -0.2) is 9.18 Å². The Bertz CT molecular complexity index is 840. The molecule has 0 radical (unpaired) electrons. The van der Waals surface area contributed by atoms with Crippen molar-refractivity contribution in [1.82, 2.24) is 4.57 Å². The molecule has 0 aliphatic heterocycles. The molecule has 0 atom stereocenters. The number of nitrogens with one attached hydrogen (secondary N) is 1. The maximum atomic E-state index is 14.4. The number of rotatable bonds is 4. The van der Waals surface area contributed by atoms with Crippen molar-refractivity contribution in [2.45, 2.75) is 32.4 Å². The highest BCUT2D eigenvalue weighted by atomic mass is 19.1. The lowest BCUT2D eigenvalue weighted by atomic mass is 10.1. The van der Waals surface area contributed by atoms with Gasteiger partial charge in [0.15, 0.2) is 5.82 Å². The molecule has 1 saturated carbocycles. The Kier molecular flexibility index (Phi) is 3.27. The number of anilines is 2. The van der Waals surface area contributed by atoms with E-state index in [9.17, 15) is 14.0 Å². The number of aryl methyl sites for hydroxylation is 1. The van der Waals surface area contributed by atoms with Crippen LogP contribution in [0.2, 0.25) is 0 Å². The van der Waals surface area contributed by atoms with Crippen LogP contribution in [0.15, 0.2) is 17.1 Å². The van der Waals surface area contributed by atoms with Crippen LogP contribution in [0, 0.1) is 5.82 Å². The standard InChI is InChI=1S/C15H16FN3O3/c1-2-19-6-8(15(21)22)14(20)11-10(19)5-9(12(16)13(11)17)18-7-3-4-7/h5-7,18H,2-4,17H2,1H3,(H,21,22). The van der Waals surface area contributed by atoms with Crippen LogP contribution in [0.5, 0.6) is 0 Å². The molecule has 1 fully saturated rings. The van der Waals surface area contributed by atoms with Gasteiger partial charge in [0.05, 0.1) is 22.3 Å². The first-order valence-electron chi connectivity index (χ1n) is 7.09. The number of carbonyl (C=O) groups is 1. The molecule has 1 aliphatic rings. The van der Waals surface area contributed by atoms with E-state index in [1.54, 1.807) is 4.57 Å². The SMILES string of the molecule is CCn1cc(C(=O)O)c(=O)c2c(N)c(F)c(NC3CC3)cc21. The maximum Gasteiger partial charge on any atom is 0.341 e. The van der Waals surface area contributed by atoms with E-state index in [0.717, 1.165) is 12.8 Å². The molecule has 1 aliphatic carbocycles. The van der Waals surface area contributed by atoms with E-state index < -0.39 is 22.8 Å². The second kappa shape index (κ2) is 5.01. The summed E-state index contributed by atoms with van der Waals surface area (Å²) in [4.78, 5) is 23.5. The van der Waals surface area contributed by atoms with E-state index in [4.69, 9.17) is 10.8 Å². The topological polar surface area (TPSA) is 97.4 Å². The number of aromatic nitrogens is 1. The van der Waals surface area contributed by atoms with Gasteiger partial charge in [0.1, 0.15) is 5.56 Å². The number of fused-ring (bicyclic) bond motifs is 1. The normalized spacial score (nSPS) is 14.3. The highest BCUT2D eigenvalue weighted by molar-refractivity contribution is 5.99. The summed E-state index contributed by atoms with van der Waals surface area (Å²) >= 11 is 0. The molecule has 0 spiro atoms. The van der Waals surface area contributed by atoms with Gasteiger partial charge in [-0.3, -0.25) is 4.79 Å². The molecule has 2 aromatic rings. The van der Waals surface area contributed by atoms with Gasteiger partial charge in [-0.15, -0.1) is 0 Å². The van der Waals surface area contributed by atoms with Gasteiger partial charge in [0.2, 0.25) is 5.43 Å². The molecule has 6 nitrogen and oxygen atoms in total. The zero-order valence-electron chi connectivity index (χ0n) is 12.0. The number of carboxylic acid groups (broad SMARTS) is 1. The fraction of sp³-hybridized carbons (Fsp3) is 0.333. The van der Waals surface area contributed by atoms with Crippen LogP contribution < -0.4 is 16.5 Å². The molecule has 0 bridgehead atoms. The summed E-state index contributed by atoms with van der Waals surface area (Å²) in [6, 6.07) is 1.75. The minimum atomic E-state index is -1.35. The van der Waals surface area contributed by atoms with E-state index in [2.05, 4.69) is 5.32 Å². The lowest BCUT2D eigenvalue weighted by Gasteiger charge is -2.15. The number of nitrogens with zero attached hydrogens (tertiary/aromatic N) is 1. The Morgan fingerprint density at radius 2 is 2.23 bits per heavy atom. The number of nitrogens with two attached hydrogens (primary N) is 1. The Morgan fingerprint density at radius 1 is 1.55 bits per heavy atom. The van der Waals surface area contributed by atoms with Gasteiger partial charge in [-0.1, -0.05) is 0 Å². The number of hydrogen-bond donors (Lipinski definition) is 3. The number of hydrogen-bond acceptors (Lipinski definition) is 4. The Labute approximate surface area is 125 Å². The Hall–Kier alpha value is -2.57. The molecule has 1 heterocycles. The molecular weight excluding hydrogens is 289 g/mol. The first kappa shape index (κ1) is 14.4. The molecule has 7 heteroatoms. The highest BCUT2D eigenvalue weighted by Crippen LogP contribution is 2.32. The van der Waals surface area contributed by atoms with Crippen LogP contribution in [-0.4, -0.2) is 21.7 Å². The molecule has 4 N–H and O–H groups in total. The summed E-state index contributed by atoms with van der Waals surface area (Å²) in [5.74, 6) is -2.06. The predicted octanol–water partition coefficient (Wildman–Crippen LogP) is 2.02. The van der Waals surface area contributed by atoms with Crippen molar-refractivity contribution in [3.63, 3.8) is 0 Å². The van der Waals surface area contributed by atoms with E-state index in [1.807, 2.05) is 6.92 Å². The van der Waals surface area contributed by atoms with Gasteiger partial charge in [-0.05, 0) is 25.8 Å². The van der Waals surface area contributed by atoms with Crippen molar-refractivity contribution in [1.29, 1.82) is 0 Å². The molecular formula is C15H16FN3O3. The van der Waals surface area contributed by atoms with Gasteiger partial charge in [0.25, 0.3) is 0 Å². The van der Waals surface area contributed by atoms with E-state index in [-0.39, 0.29) is 22.8 Å². The number of aromatic carboxylic acids is 1. The minimum absolute atomic E-state index is 0.0828. The third kappa shape index (κ3) is 2.18. The van der Waals surface area contributed by atoms with Crippen molar-refractivity contribution in [3.05, 3.63) is 33.9 Å². The molecule has 3 rings (SSSR count). The smallest absolute Gasteiger partial charge is 0.341 e. The molecule has 0 saturated heterocycles. The summed E-state index contributed by atoms with van der Waals surface area (Å²) in [5, 5.41) is 12.1. The van der Waals surface area contributed by atoms with Gasteiger partial charge >= 0.3 is 5.97 Å². The van der Waals surface area contributed by atoms with Crippen LogP contribution in [0.25, 0.3) is 10.9 Å². The monoisotopic (exact) mass is 305 g/mol. The number of halogens is 1. The molecule has 116 valence electrons. The average molecular weight is 305 g/mol. The third-order valence-electron chi connectivity index (χ3n) is 3.85. The largest absolute Gasteiger partial charge is 0.477 e. The third-order valence-corrected chi connectivity index (χ3v) is 3.85. The Balaban J connectivity index is 2.35. The number of carboxylic acids is 1. The fourth-order valence-electron chi connectivity index (χ4n) is 2.52. The second-order valence-electron chi connectivity index (χ2n) is 5.43. The molecule has 22 heavy (non-hydrogen) atoms. The van der Waals surface area contributed by atoms with Crippen molar-refractivity contribution in [3.8, 4) is 0 Å². The first-order chi connectivity index (χ1) is 10.4. The highest BCUT2D eigenvalue weighted by Gasteiger charge is 2.25. The van der Waals surface area contributed by atoms with Crippen LogP contribution in [-0.2, 0) is 6.54 Å². The minimum Gasteiger partial charge on any atom is -0.477 e. The molecule has 0 amide bonds. The summed E-state index contributed by atoms with van der Waals surface area (Å²) < 4.78 is 16.0. The van der Waals surface area contributed by atoms with Crippen LogP contribution in [0.4, 0.5) is 15.8 Å². The quantitative estimate of drug-likeness (QED) is 0.751. The maximum absolute atomic E-state index is 14.4. The van der Waals surface area contributed by atoms with Crippen LogP contribution in [0.3, 0.4) is 0 Å². The lowest BCUT2D eigenvalue weighted by Crippen LogP contribution is -2.20. The number of nitrogen functional groups attached to an aromatic ring is 1. The average Bonchev–Trinajstić information content (AvgIpc) is 3.28. The van der Waals surface area contributed by atoms with Gasteiger partial charge in [-0.2, -0.15) is 0 Å². The van der Waals surface area contributed by atoms with Gasteiger partial charge < -0.3 is 20.7 Å². The van der Waals surface area contributed by atoms with E-state index >= 15 is 0 Å². The Morgan fingerprint density at radius 3 is 2.77 bits per heavy atom. The van der Waals surface area contributed by atoms with E-state index in [1.165, 1.54) is 12.3 Å². The summed E-state index contributed by atoms with van der Waals surface area (Å²) in [5.41, 5.74) is 4.98. The summed E-state index contributed by atoms with van der Waals surface area (Å²) in [7, 11) is 0. The summed E-state index contributed by atoms with van der Waals surface area (Å²) in [6.07, 6.45) is 3.21. The molecule has 0 unspecified atom stereocenters. The molecule has 1 aromatic carbocycles. The summed E-state index contributed by atoms with van der Waals surface area (Å²) in [6.45, 7) is 2.24. The lowest BCUT2D eigenvalue weighted by molar-refractivity contribution is 0.0695.